The Balaban J connectivity index is 1.78. The first kappa shape index (κ1) is 14.7. The molecule has 2 N–H and O–H groups in total. The minimum Gasteiger partial charge on any atom is -0.497 e. The van der Waals surface area contributed by atoms with Crippen molar-refractivity contribution in [1.29, 1.82) is 0 Å². The molecule has 0 spiro atoms. The molecule has 1 aromatic heterocycles. The van der Waals surface area contributed by atoms with Crippen molar-refractivity contribution >= 4 is 0 Å². The first-order chi connectivity index (χ1) is 9.67. The number of hydrogen-bond acceptors (Lipinski definition) is 2. The lowest BCUT2D eigenvalue weighted by Crippen LogP contribution is -2.13. The van der Waals surface area contributed by atoms with Crippen molar-refractivity contribution < 1.29 is 4.74 Å². The third-order valence-corrected chi connectivity index (χ3v) is 3.24. The van der Waals surface area contributed by atoms with Gasteiger partial charge in [-0.2, -0.15) is 0 Å². The summed E-state index contributed by atoms with van der Waals surface area (Å²) < 4.78 is 5.15. The number of ether oxygens (including phenoxy) is 1. The summed E-state index contributed by atoms with van der Waals surface area (Å²) in [6.07, 6.45) is 1.11. The van der Waals surface area contributed by atoms with E-state index in [9.17, 15) is 0 Å². The molecule has 3 heteroatoms. The van der Waals surface area contributed by atoms with Gasteiger partial charge >= 0.3 is 0 Å². The van der Waals surface area contributed by atoms with E-state index in [1.165, 1.54) is 17.0 Å². The summed E-state index contributed by atoms with van der Waals surface area (Å²) in [4.78, 5) is 3.47. The van der Waals surface area contributed by atoms with E-state index >= 15 is 0 Å². The van der Waals surface area contributed by atoms with Crippen LogP contribution in [0.5, 0.6) is 5.75 Å². The molecule has 0 amide bonds. The van der Waals surface area contributed by atoms with E-state index in [4.69, 9.17) is 4.74 Å². The Bertz CT molecular complexity index is 514. The lowest BCUT2D eigenvalue weighted by Gasteiger charge is -2.05. The first-order valence-electron chi connectivity index (χ1n) is 7.18. The van der Waals surface area contributed by atoms with E-state index in [0.717, 1.165) is 25.3 Å². The van der Waals surface area contributed by atoms with Gasteiger partial charge in [0.25, 0.3) is 0 Å². The molecule has 0 fully saturated rings. The predicted molar refractivity (Wildman–Crippen MR) is 82.9 cm³/mol. The van der Waals surface area contributed by atoms with Crippen molar-refractivity contribution in [2.45, 2.75) is 33.4 Å². The zero-order valence-corrected chi connectivity index (χ0v) is 12.6. The number of aromatic amines is 1. The second-order valence-electron chi connectivity index (χ2n) is 5.56. The van der Waals surface area contributed by atoms with Crippen LogP contribution in [0.15, 0.2) is 36.4 Å². The third kappa shape index (κ3) is 4.42. The maximum atomic E-state index is 5.15. The number of rotatable bonds is 7. The Morgan fingerprint density at radius 2 is 1.70 bits per heavy atom. The summed E-state index contributed by atoms with van der Waals surface area (Å²) in [7, 11) is 1.69. The van der Waals surface area contributed by atoms with E-state index in [1.807, 2.05) is 12.1 Å². The summed E-state index contributed by atoms with van der Waals surface area (Å²) >= 11 is 0. The quantitative estimate of drug-likeness (QED) is 0.809. The predicted octanol–water partition coefficient (Wildman–Crippen LogP) is 3.51. The van der Waals surface area contributed by atoms with Crippen molar-refractivity contribution in [3.63, 3.8) is 0 Å². The van der Waals surface area contributed by atoms with Crippen molar-refractivity contribution in [2.75, 3.05) is 7.11 Å². The Morgan fingerprint density at radius 1 is 1.00 bits per heavy atom. The molecule has 0 aliphatic carbocycles. The van der Waals surface area contributed by atoms with Gasteiger partial charge in [0.2, 0.25) is 0 Å². The molecular weight excluding hydrogens is 248 g/mol. The second kappa shape index (κ2) is 7.15. The van der Waals surface area contributed by atoms with Gasteiger partial charge in [-0.15, -0.1) is 0 Å². The Hall–Kier alpha value is -1.74. The maximum Gasteiger partial charge on any atom is 0.118 e. The minimum atomic E-state index is 0.689. The third-order valence-electron chi connectivity index (χ3n) is 3.24. The molecular formula is C17H24N2O. The highest BCUT2D eigenvalue weighted by Crippen LogP contribution is 2.11. The van der Waals surface area contributed by atoms with Crippen molar-refractivity contribution in [3.05, 3.63) is 53.3 Å². The van der Waals surface area contributed by atoms with Crippen LogP contribution in [-0.2, 0) is 19.5 Å². The lowest BCUT2D eigenvalue weighted by atomic mass is 10.1. The molecule has 1 heterocycles. The molecule has 20 heavy (non-hydrogen) atoms. The molecule has 108 valence electrons. The summed E-state index contributed by atoms with van der Waals surface area (Å²) in [5.74, 6) is 1.59. The molecule has 0 aliphatic rings. The fourth-order valence-corrected chi connectivity index (χ4v) is 2.24. The summed E-state index contributed by atoms with van der Waals surface area (Å²) in [5.41, 5.74) is 3.83. The van der Waals surface area contributed by atoms with E-state index in [1.54, 1.807) is 7.11 Å². The monoisotopic (exact) mass is 272 g/mol. The standard InChI is InChI=1S/C17H24N2O/c1-13(2)10-15-6-7-16(19-15)12-18-11-14-4-8-17(20-3)9-5-14/h4-9,13,18-19H,10-12H2,1-3H3. The second-order valence-corrected chi connectivity index (χ2v) is 5.56. The van der Waals surface area contributed by atoms with Gasteiger partial charge in [-0.1, -0.05) is 26.0 Å². The van der Waals surface area contributed by atoms with Crippen LogP contribution in [0.4, 0.5) is 0 Å². The molecule has 0 unspecified atom stereocenters. The van der Waals surface area contributed by atoms with E-state index < -0.39 is 0 Å². The van der Waals surface area contributed by atoms with Crippen molar-refractivity contribution in [3.8, 4) is 5.75 Å². The SMILES string of the molecule is COc1ccc(CNCc2ccc(CC(C)C)[nH]2)cc1. The van der Waals surface area contributed by atoms with Gasteiger partial charge < -0.3 is 15.0 Å². The van der Waals surface area contributed by atoms with Crippen LogP contribution >= 0.6 is 0 Å². The van der Waals surface area contributed by atoms with Gasteiger partial charge in [-0.3, -0.25) is 0 Å². The highest BCUT2D eigenvalue weighted by atomic mass is 16.5. The number of hydrogen-bond donors (Lipinski definition) is 2. The number of nitrogens with one attached hydrogen (secondary N) is 2. The average Bonchev–Trinajstić information content (AvgIpc) is 2.86. The van der Waals surface area contributed by atoms with Crippen molar-refractivity contribution in [2.24, 2.45) is 5.92 Å². The number of H-pyrrole nitrogens is 1. The summed E-state index contributed by atoms with van der Waals surface area (Å²) in [6, 6.07) is 12.5. The van der Waals surface area contributed by atoms with Gasteiger partial charge in [0.05, 0.1) is 7.11 Å². The topological polar surface area (TPSA) is 37.0 Å². The Morgan fingerprint density at radius 3 is 2.35 bits per heavy atom. The van der Waals surface area contributed by atoms with Crippen LogP contribution in [0.25, 0.3) is 0 Å². The maximum absolute atomic E-state index is 5.15. The lowest BCUT2D eigenvalue weighted by molar-refractivity contribution is 0.414. The Kier molecular flexibility index (Phi) is 5.24. The van der Waals surface area contributed by atoms with Crippen LogP contribution in [0.1, 0.15) is 30.8 Å². The normalized spacial score (nSPS) is 11.0. The highest BCUT2D eigenvalue weighted by Gasteiger charge is 2.01. The van der Waals surface area contributed by atoms with Crippen LogP contribution in [-0.4, -0.2) is 12.1 Å². The van der Waals surface area contributed by atoms with Crippen LogP contribution in [0, 0.1) is 5.92 Å². The summed E-state index contributed by atoms with van der Waals surface area (Å²) in [6.45, 7) is 6.21. The van der Waals surface area contributed by atoms with Crippen LogP contribution in [0.2, 0.25) is 0 Å². The molecule has 0 atom stereocenters. The number of benzene rings is 1. The molecule has 0 saturated heterocycles. The van der Waals surface area contributed by atoms with Crippen molar-refractivity contribution in [1.82, 2.24) is 10.3 Å². The van der Waals surface area contributed by atoms with Gasteiger partial charge in [0, 0.05) is 24.5 Å². The minimum absolute atomic E-state index is 0.689. The van der Waals surface area contributed by atoms with Crippen LogP contribution < -0.4 is 10.1 Å². The number of methoxy groups -OCH3 is 1. The molecule has 0 saturated carbocycles. The van der Waals surface area contributed by atoms with Gasteiger partial charge in [-0.25, -0.2) is 0 Å². The van der Waals surface area contributed by atoms with E-state index in [2.05, 4.69) is 48.4 Å². The molecule has 1 aromatic carbocycles. The molecule has 0 aliphatic heterocycles. The largest absolute Gasteiger partial charge is 0.497 e. The van der Waals surface area contributed by atoms with E-state index in [0.29, 0.717) is 5.92 Å². The molecule has 0 radical (unpaired) electrons. The van der Waals surface area contributed by atoms with Gasteiger partial charge in [-0.05, 0) is 42.2 Å². The Labute approximate surface area is 121 Å². The molecule has 3 nitrogen and oxygen atoms in total. The fraction of sp³-hybridized carbons (Fsp3) is 0.412. The first-order valence-corrected chi connectivity index (χ1v) is 7.18. The molecule has 2 aromatic rings. The van der Waals surface area contributed by atoms with Gasteiger partial charge in [0.1, 0.15) is 5.75 Å². The molecule has 0 bridgehead atoms. The zero-order valence-electron chi connectivity index (χ0n) is 12.6. The molecule has 2 rings (SSSR count). The smallest absolute Gasteiger partial charge is 0.118 e. The zero-order chi connectivity index (χ0) is 14.4. The average molecular weight is 272 g/mol. The fourth-order valence-electron chi connectivity index (χ4n) is 2.24. The number of aromatic nitrogens is 1. The van der Waals surface area contributed by atoms with Crippen LogP contribution in [0.3, 0.4) is 0 Å². The van der Waals surface area contributed by atoms with E-state index in [-0.39, 0.29) is 0 Å². The summed E-state index contributed by atoms with van der Waals surface area (Å²) in [5, 5.41) is 3.45. The van der Waals surface area contributed by atoms with Gasteiger partial charge in [0.15, 0.2) is 0 Å². The highest BCUT2D eigenvalue weighted by molar-refractivity contribution is 5.27.